The molecule has 0 unspecified atom stereocenters. The fraction of sp³-hybridized carbons (Fsp3) is 0.200. The number of rotatable bonds is 2. The summed E-state index contributed by atoms with van der Waals surface area (Å²) in [5.74, 6) is 0.580. The van der Waals surface area contributed by atoms with Gasteiger partial charge in [-0.1, -0.05) is 42.5 Å². The van der Waals surface area contributed by atoms with Gasteiger partial charge in [-0.2, -0.15) is 0 Å². The van der Waals surface area contributed by atoms with Gasteiger partial charge in [-0.3, -0.25) is 14.5 Å². The fourth-order valence-electron chi connectivity index (χ4n) is 4.62. The number of hydrogen-bond donors (Lipinski definition) is 1. The predicted molar refractivity (Wildman–Crippen MR) is 115 cm³/mol. The lowest BCUT2D eigenvalue weighted by Crippen LogP contribution is -2.37. The number of ketones is 1. The number of fused-ring (bicyclic) bond motifs is 1. The first-order chi connectivity index (χ1) is 14.6. The normalized spacial score (nSPS) is 20.8. The Morgan fingerprint density at radius 2 is 1.77 bits per heavy atom. The Morgan fingerprint density at radius 1 is 1.00 bits per heavy atom. The summed E-state index contributed by atoms with van der Waals surface area (Å²) in [6.45, 7) is 1.53. The molecule has 0 fully saturated rings. The fourth-order valence-corrected chi connectivity index (χ4v) is 4.62. The van der Waals surface area contributed by atoms with Crippen LogP contribution in [0.25, 0.3) is 0 Å². The summed E-state index contributed by atoms with van der Waals surface area (Å²) < 4.78 is 5.72. The van der Waals surface area contributed by atoms with Gasteiger partial charge in [0, 0.05) is 24.6 Å². The van der Waals surface area contributed by atoms with Gasteiger partial charge in [0.2, 0.25) is 5.91 Å². The molecular weight excluding hydrogens is 376 g/mol. The van der Waals surface area contributed by atoms with Gasteiger partial charge >= 0.3 is 0 Å². The second-order valence-electron chi connectivity index (χ2n) is 7.78. The molecule has 5 rings (SSSR count). The van der Waals surface area contributed by atoms with E-state index >= 15 is 0 Å². The number of nitrogens with zero attached hydrogens (tertiary/aromatic N) is 1. The van der Waals surface area contributed by atoms with Crippen LogP contribution in [0.4, 0.5) is 11.4 Å². The minimum absolute atomic E-state index is 0.0399. The topological polar surface area (TPSA) is 62.6 Å². The molecule has 30 heavy (non-hydrogen) atoms. The highest BCUT2D eigenvalue weighted by molar-refractivity contribution is 6.05. The van der Waals surface area contributed by atoms with Crippen LogP contribution in [-0.4, -0.2) is 11.7 Å². The van der Waals surface area contributed by atoms with Crippen LogP contribution in [0.2, 0.25) is 0 Å². The Bertz CT molecular complexity index is 1130. The number of furan rings is 1. The molecule has 2 aliphatic rings. The second kappa shape index (κ2) is 7.34. The number of carbonyl (C=O) groups is 2. The molecule has 2 heterocycles. The first kappa shape index (κ1) is 18.4. The minimum Gasteiger partial charge on any atom is -0.467 e. The molecule has 1 amide bonds. The van der Waals surface area contributed by atoms with Crippen molar-refractivity contribution >= 4 is 23.1 Å². The Kier molecular flexibility index (Phi) is 4.51. The van der Waals surface area contributed by atoms with Gasteiger partial charge in [-0.25, -0.2) is 0 Å². The van der Waals surface area contributed by atoms with Gasteiger partial charge in [0.1, 0.15) is 11.8 Å². The van der Waals surface area contributed by atoms with Crippen molar-refractivity contribution in [3.05, 3.63) is 95.6 Å². The number of benzene rings is 2. The molecule has 1 aliphatic heterocycles. The molecule has 1 aromatic heterocycles. The number of para-hydroxylation sites is 2. The summed E-state index contributed by atoms with van der Waals surface area (Å²) >= 11 is 0. The predicted octanol–water partition coefficient (Wildman–Crippen LogP) is 5.20. The number of amides is 1. The van der Waals surface area contributed by atoms with Crippen LogP contribution in [0.3, 0.4) is 0 Å². The van der Waals surface area contributed by atoms with Crippen molar-refractivity contribution in [2.45, 2.75) is 31.7 Å². The lowest BCUT2D eigenvalue weighted by atomic mass is 9.79. The molecule has 0 saturated carbocycles. The lowest BCUT2D eigenvalue weighted by Gasteiger charge is -2.33. The van der Waals surface area contributed by atoms with Crippen LogP contribution in [-0.2, 0) is 9.59 Å². The van der Waals surface area contributed by atoms with E-state index in [0.717, 1.165) is 22.6 Å². The zero-order chi connectivity index (χ0) is 20.7. The van der Waals surface area contributed by atoms with Gasteiger partial charge in [0.15, 0.2) is 5.78 Å². The van der Waals surface area contributed by atoms with Crippen molar-refractivity contribution in [3.63, 3.8) is 0 Å². The van der Waals surface area contributed by atoms with E-state index in [1.807, 2.05) is 48.5 Å². The average molecular weight is 398 g/mol. The van der Waals surface area contributed by atoms with Gasteiger partial charge < -0.3 is 9.73 Å². The summed E-state index contributed by atoms with van der Waals surface area (Å²) in [6, 6.07) is 20.8. The molecule has 5 nitrogen and oxygen atoms in total. The monoisotopic (exact) mass is 398 g/mol. The molecule has 5 heteroatoms. The van der Waals surface area contributed by atoms with Crippen molar-refractivity contribution in [2.75, 3.05) is 10.2 Å². The first-order valence-electron chi connectivity index (χ1n) is 10.1. The SMILES string of the molecule is CC(=O)N1c2ccccc2NC2=C(C(=O)C[C@@H](c3ccccc3)C2)[C@H]1c1ccco1. The summed E-state index contributed by atoms with van der Waals surface area (Å²) in [4.78, 5) is 28.0. The zero-order valence-electron chi connectivity index (χ0n) is 16.7. The molecule has 3 aromatic rings. The van der Waals surface area contributed by atoms with Crippen molar-refractivity contribution in [1.29, 1.82) is 0 Å². The molecule has 0 spiro atoms. The molecule has 0 bridgehead atoms. The zero-order valence-corrected chi connectivity index (χ0v) is 16.7. The molecule has 1 aliphatic carbocycles. The summed E-state index contributed by atoms with van der Waals surface area (Å²) in [6.07, 6.45) is 2.68. The summed E-state index contributed by atoms with van der Waals surface area (Å²) in [5.41, 5.74) is 4.18. The first-order valence-corrected chi connectivity index (χ1v) is 10.1. The quantitative estimate of drug-likeness (QED) is 0.644. The number of hydrogen-bond acceptors (Lipinski definition) is 4. The van der Waals surface area contributed by atoms with Gasteiger partial charge in [-0.05, 0) is 42.2 Å². The highest BCUT2D eigenvalue weighted by Gasteiger charge is 2.41. The van der Waals surface area contributed by atoms with E-state index in [1.54, 1.807) is 17.2 Å². The molecule has 0 radical (unpaired) electrons. The minimum atomic E-state index is -0.590. The van der Waals surface area contributed by atoms with E-state index in [0.29, 0.717) is 24.2 Å². The standard InChI is InChI=1S/C25H22N2O3/c1-16(28)27-21-11-6-5-10-19(21)26-20-14-18(17-8-3-2-4-9-17)15-22(29)24(20)25(27)23-12-7-13-30-23/h2-13,18,25-26H,14-15H2,1H3/t18-,25+/m0/s1. The van der Waals surface area contributed by atoms with Crippen LogP contribution in [0.5, 0.6) is 0 Å². The van der Waals surface area contributed by atoms with E-state index in [1.165, 1.54) is 6.92 Å². The number of allylic oxidation sites excluding steroid dienone is 1. The molecule has 2 atom stereocenters. The van der Waals surface area contributed by atoms with Crippen molar-refractivity contribution < 1.29 is 14.0 Å². The van der Waals surface area contributed by atoms with Gasteiger partial charge in [0.05, 0.1) is 17.6 Å². The van der Waals surface area contributed by atoms with E-state index in [2.05, 4.69) is 17.4 Å². The molecule has 150 valence electrons. The highest BCUT2D eigenvalue weighted by atomic mass is 16.3. The van der Waals surface area contributed by atoms with Crippen LogP contribution in [0.15, 0.2) is 88.7 Å². The van der Waals surface area contributed by atoms with E-state index in [4.69, 9.17) is 4.42 Å². The van der Waals surface area contributed by atoms with Crippen molar-refractivity contribution in [1.82, 2.24) is 0 Å². The summed E-state index contributed by atoms with van der Waals surface area (Å²) in [7, 11) is 0. The molecule has 1 N–H and O–H groups in total. The maximum atomic E-state index is 13.5. The number of nitrogens with one attached hydrogen (secondary N) is 1. The number of anilines is 2. The molecule has 0 saturated heterocycles. The average Bonchev–Trinajstić information content (AvgIpc) is 3.23. The number of Topliss-reactive ketones (excluding diaryl/α,β-unsaturated/α-hetero) is 1. The largest absolute Gasteiger partial charge is 0.467 e. The molecular formula is C25H22N2O3. The third-order valence-corrected chi connectivity index (χ3v) is 5.91. The lowest BCUT2D eigenvalue weighted by molar-refractivity contribution is -0.117. The molecule has 2 aromatic carbocycles. The van der Waals surface area contributed by atoms with E-state index in [9.17, 15) is 9.59 Å². The van der Waals surface area contributed by atoms with Gasteiger partial charge in [0.25, 0.3) is 0 Å². The number of carbonyl (C=O) groups excluding carboxylic acids is 2. The Hall–Kier alpha value is -3.60. The van der Waals surface area contributed by atoms with Gasteiger partial charge in [-0.15, -0.1) is 0 Å². The highest BCUT2D eigenvalue weighted by Crippen LogP contribution is 2.47. The Balaban J connectivity index is 1.69. The van der Waals surface area contributed by atoms with E-state index < -0.39 is 6.04 Å². The van der Waals surface area contributed by atoms with Crippen LogP contribution in [0, 0.1) is 0 Å². The van der Waals surface area contributed by atoms with Crippen LogP contribution >= 0.6 is 0 Å². The Morgan fingerprint density at radius 3 is 2.50 bits per heavy atom. The van der Waals surface area contributed by atoms with Crippen molar-refractivity contribution in [3.8, 4) is 0 Å². The maximum absolute atomic E-state index is 13.5. The summed E-state index contributed by atoms with van der Waals surface area (Å²) in [5, 5.41) is 3.49. The van der Waals surface area contributed by atoms with Crippen LogP contribution < -0.4 is 10.2 Å². The second-order valence-corrected chi connectivity index (χ2v) is 7.78. The Labute approximate surface area is 175 Å². The maximum Gasteiger partial charge on any atom is 0.224 e. The third-order valence-electron chi connectivity index (χ3n) is 5.91. The smallest absolute Gasteiger partial charge is 0.224 e. The third kappa shape index (κ3) is 3.03. The van der Waals surface area contributed by atoms with E-state index in [-0.39, 0.29) is 17.6 Å². The van der Waals surface area contributed by atoms with Crippen molar-refractivity contribution in [2.24, 2.45) is 0 Å². The van der Waals surface area contributed by atoms with Crippen LogP contribution in [0.1, 0.15) is 43.0 Å².